The van der Waals surface area contributed by atoms with Crippen molar-refractivity contribution in [2.75, 3.05) is 11.9 Å². The van der Waals surface area contributed by atoms with Gasteiger partial charge < -0.3 is 11.1 Å². The lowest BCUT2D eigenvalue weighted by molar-refractivity contribution is -0.115. The first-order chi connectivity index (χ1) is 6.70. The molecule has 0 saturated heterocycles. The average molecular weight is 229 g/mol. The van der Waals surface area contributed by atoms with E-state index >= 15 is 0 Å². The van der Waals surface area contributed by atoms with E-state index in [0.717, 1.165) is 10.6 Å². The number of rotatable bonds is 1. The van der Waals surface area contributed by atoms with Crippen LogP contribution in [-0.2, 0) is 4.79 Å². The molecule has 1 aliphatic rings. The van der Waals surface area contributed by atoms with Crippen LogP contribution in [0.4, 0.5) is 5.69 Å². The maximum absolute atomic E-state index is 11.4. The Morgan fingerprint density at radius 3 is 3.07 bits per heavy atom. The van der Waals surface area contributed by atoms with Crippen LogP contribution >= 0.6 is 23.4 Å². The minimum absolute atomic E-state index is 0.0488. The molecule has 0 aromatic heterocycles. The van der Waals surface area contributed by atoms with Gasteiger partial charge in [-0.3, -0.25) is 4.79 Å². The third-order valence-electron chi connectivity index (χ3n) is 1.98. The van der Waals surface area contributed by atoms with Crippen LogP contribution in [0, 0.1) is 0 Å². The number of fused-ring (bicyclic) bond motifs is 1. The molecule has 1 aromatic rings. The summed E-state index contributed by atoms with van der Waals surface area (Å²) in [5.41, 5.74) is 6.25. The molecular formula is C9H9ClN2OS. The SMILES string of the molecule is NCC1Sc2ccc(Cl)cc2NC1=O. The second-order valence-electron chi connectivity index (χ2n) is 2.97. The maximum Gasteiger partial charge on any atom is 0.239 e. The number of halogens is 1. The van der Waals surface area contributed by atoms with E-state index in [1.54, 1.807) is 12.1 Å². The van der Waals surface area contributed by atoms with Crippen LogP contribution in [0.5, 0.6) is 0 Å². The number of carbonyl (C=O) groups excluding carboxylic acids is 1. The fourth-order valence-corrected chi connectivity index (χ4v) is 2.40. The van der Waals surface area contributed by atoms with E-state index in [-0.39, 0.29) is 11.2 Å². The van der Waals surface area contributed by atoms with Gasteiger partial charge in [-0.15, -0.1) is 11.8 Å². The average Bonchev–Trinajstić information content (AvgIpc) is 2.16. The number of amides is 1. The van der Waals surface area contributed by atoms with Gasteiger partial charge in [0.1, 0.15) is 5.25 Å². The molecule has 0 bridgehead atoms. The standard InChI is InChI=1S/C9H9ClN2OS/c10-5-1-2-7-6(3-5)12-9(13)8(4-11)14-7/h1-3,8H,4,11H2,(H,12,13). The highest BCUT2D eigenvalue weighted by molar-refractivity contribution is 8.01. The van der Waals surface area contributed by atoms with E-state index in [2.05, 4.69) is 5.32 Å². The van der Waals surface area contributed by atoms with E-state index in [1.807, 2.05) is 6.07 Å². The highest BCUT2D eigenvalue weighted by atomic mass is 35.5. The summed E-state index contributed by atoms with van der Waals surface area (Å²) in [6.45, 7) is 0.346. The van der Waals surface area contributed by atoms with Crippen molar-refractivity contribution in [3.05, 3.63) is 23.2 Å². The normalized spacial score (nSPS) is 20.1. The minimum atomic E-state index is -0.191. The molecule has 0 saturated carbocycles. The first-order valence-electron chi connectivity index (χ1n) is 4.18. The number of anilines is 1. The molecule has 0 spiro atoms. The summed E-state index contributed by atoms with van der Waals surface area (Å²) >= 11 is 7.29. The number of nitrogens with two attached hydrogens (primary N) is 1. The predicted octanol–water partition coefficient (Wildman–Crippen LogP) is 1.71. The van der Waals surface area contributed by atoms with Crippen molar-refractivity contribution in [2.24, 2.45) is 5.73 Å². The lowest BCUT2D eigenvalue weighted by Crippen LogP contribution is -2.34. The molecule has 0 aliphatic carbocycles. The first kappa shape index (κ1) is 9.83. The Balaban J connectivity index is 2.35. The Morgan fingerprint density at radius 1 is 1.57 bits per heavy atom. The molecule has 14 heavy (non-hydrogen) atoms. The van der Waals surface area contributed by atoms with Crippen LogP contribution < -0.4 is 11.1 Å². The summed E-state index contributed by atoms with van der Waals surface area (Å²) in [6, 6.07) is 5.44. The molecule has 0 radical (unpaired) electrons. The van der Waals surface area contributed by atoms with E-state index in [0.29, 0.717) is 11.6 Å². The zero-order valence-corrected chi connectivity index (χ0v) is 8.86. The molecule has 0 fully saturated rings. The van der Waals surface area contributed by atoms with Crippen LogP contribution in [0.25, 0.3) is 0 Å². The molecule has 1 amide bonds. The number of hydrogen-bond donors (Lipinski definition) is 2. The molecule has 3 N–H and O–H groups in total. The van der Waals surface area contributed by atoms with Crippen molar-refractivity contribution < 1.29 is 4.79 Å². The molecule has 5 heteroatoms. The zero-order chi connectivity index (χ0) is 10.1. The van der Waals surface area contributed by atoms with Crippen molar-refractivity contribution in [3.8, 4) is 0 Å². The molecule has 2 rings (SSSR count). The lowest BCUT2D eigenvalue weighted by Gasteiger charge is -2.22. The van der Waals surface area contributed by atoms with Gasteiger partial charge in [0, 0.05) is 16.5 Å². The van der Waals surface area contributed by atoms with Crippen molar-refractivity contribution >= 4 is 35.0 Å². The van der Waals surface area contributed by atoms with E-state index in [4.69, 9.17) is 17.3 Å². The van der Waals surface area contributed by atoms with Gasteiger partial charge in [0.05, 0.1) is 5.69 Å². The predicted molar refractivity (Wildman–Crippen MR) is 58.8 cm³/mol. The number of carbonyl (C=O) groups is 1. The highest BCUT2D eigenvalue weighted by Gasteiger charge is 2.25. The van der Waals surface area contributed by atoms with Crippen molar-refractivity contribution in [1.29, 1.82) is 0 Å². The lowest BCUT2D eigenvalue weighted by atomic mass is 10.3. The fourth-order valence-electron chi connectivity index (χ4n) is 1.28. The molecule has 1 unspecified atom stereocenters. The molecule has 3 nitrogen and oxygen atoms in total. The Bertz CT molecular complexity index is 383. The van der Waals surface area contributed by atoms with Crippen LogP contribution in [0.15, 0.2) is 23.1 Å². The molecule has 1 heterocycles. The van der Waals surface area contributed by atoms with Gasteiger partial charge in [0.15, 0.2) is 0 Å². The smallest absolute Gasteiger partial charge is 0.239 e. The molecular weight excluding hydrogens is 220 g/mol. The summed E-state index contributed by atoms with van der Waals surface area (Å²) in [4.78, 5) is 12.5. The summed E-state index contributed by atoms with van der Waals surface area (Å²) in [5, 5.41) is 3.21. The van der Waals surface area contributed by atoms with Crippen LogP contribution in [0.1, 0.15) is 0 Å². The fraction of sp³-hybridized carbons (Fsp3) is 0.222. The van der Waals surface area contributed by atoms with Gasteiger partial charge >= 0.3 is 0 Å². The Hall–Kier alpha value is -0.710. The Morgan fingerprint density at radius 2 is 2.36 bits per heavy atom. The summed E-state index contributed by atoms with van der Waals surface area (Å²) in [7, 11) is 0. The number of benzene rings is 1. The largest absolute Gasteiger partial charge is 0.329 e. The summed E-state index contributed by atoms with van der Waals surface area (Å²) in [6.07, 6.45) is 0. The number of nitrogens with one attached hydrogen (secondary N) is 1. The molecule has 74 valence electrons. The van der Waals surface area contributed by atoms with E-state index in [9.17, 15) is 4.79 Å². The van der Waals surface area contributed by atoms with Crippen molar-refractivity contribution in [3.63, 3.8) is 0 Å². The van der Waals surface area contributed by atoms with Gasteiger partial charge in [0.25, 0.3) is 0 Å². The van der Waals surface area contributed by atoms with Gasteiger partial charge in [-0.1, -0.05) is 11.6 Å². The second-order valence-corrected chi connectivity index (χ2v) is 4.65. The maximum atomic E-state index is 11.4. The first-order valence-corrected chi connectivity index (χ1v) is 5.43. The summed E-state index contributed by atoms with van der Waals surface area (Å²) in [5.74, 6) is -0.0488. The third kappa shape index (κ3) is 1.73. The third-order valence-corrected chi connectivity index (χ3v) is 3.51. The quantitative estimate of drug-likeness (QED) is 0.770. The zero-order valence-electron chi connectivity index (χ0n) is 7.29. The van der Waals surface area contributed by atoms with E-state index in [1.165, 1.54) is 11.8 Å². The monoisotopic (exact) mass is 228 g/mol. The van der Waals surface area contributed by atoms with E-state index < -0.39 is 0 Å². The summed E-state index contributed by atoms with van der Waals surface area (Å²) < 4.78 is 0. The van der Waals surface area contributed by atoms with Crippen LogP contribution in [-0.4, -0.2) is 17.7 Å². The van der Waals surface area contributed by atoms with Gasteiger partial charge in [-0.25, -0.2) is 0 Å². The number of thioether (sulfide) groups is 1. The Kier molecular flexibility index (Phi) is 2.67. The molecule has 1 aliphatic heterocycles. The second kappa shape index (κ2) is 3.81. The van der Waals surface area contributed by atoms with Gasteiger partial charge in [-0.05, 0) is 18.2 Å². The Labute approximate surface area is 91.0 Å². The molecule has 1 aromatic carbocycles. The van der Waals surface area contributed by atoms with Crippen LogP contribution in [0.2, 0.25) is 5.02 Å². The van der Waals surface area contributed by atoms with Crippen molar-refractivity contribution in [2.45, 2.75) is 10.1 Å². The highest BCUT2D eigenvalue weighted by Crippen LogP contribution is 2.36. The minimum Gasteiger partial charge on any atom is -0.329 e. The van der Waals surface area contributed by atoms with Crippen LogP contribution in [0.3, 0.4) is 0 Å². The van der Waals surface area contributed by atoms with Gasteiger partial charge in [0.2, 0.25) is 5.91 Å². The number of hydrogen-bond acceptors (Lipinski definition) is 3. The topological polar surface area (TPSA) is 55.1 Å². The van der Waals surface area contributed by atoms with Gasteiger partial charge in [-0.2, -0.15) is 0 Å². The van der Waals surface area contributed by atoms with Crippen molar-refractivity contribution in [1.82, 2.24) is 0 Å². The molecule has 1 atom stereocenters.